The molecule has 0 radical (unpaired) electrons. The molecular formula is C16H16INO2. The normalized spacial score (nSPS) is 10.4. The molecule has 2 N–H and O–H groups in total. The fourth-order valence-electron chi connectivity index (χ4n) is 2.12. The highest BCUT2D eigenvalue weighted by molar-refractivity contribution is 14.1. The molecule has 0 aliphatic rings. The summed E-state index contributed by atoms with van der Waals surface area (Å²) in [5.41, 5.74) is 9.63. The van der Waals surface area contributed by atoms with Crippen LogP contribution >= 0.6 is 22.6 Å². The van der Waals surface area contributed by atoms with Crippen molar-refractivity contribution in [2.24, 2.45) is 0 Å². The van der Waals surface area contributed by atoms with Crippen LogP contribution in [0.2, 0.25) is 0 Å². The largest absolute Gasteiger partial charge is 0.496 e. The summed E-state index contributed by atoms with van der Waals surface area (Å²) in [5.74, 6) is 0.513. The van der Waals surface area contributed by atoms with E-state index in [1.54, 1.807) is 13.2 Å². The summed E-state index contributed by atoms with van der Waals surface area (Å²) < 4.78 is 6.27. The number of carbonyl (C=O) groups is 1. The Morgan fingerprint density at radius 1 is 1.10 bits per heavy atom. The number of rotatable bonds is 3. The minimum atomic E-state index is -0.0652. The topological polar surface area (TPSA) is 52.3 Å². The number of methoxy groups -OCH3 is 1. The van der Waals surface area contributed by atoms with Crippen molar-refractivity contribution >= 4 is 34.1 Å². The zero-order chi connectivity index (χ0) is 14.9. The van der Waals surface area contributed by atoms with E-state index in [4.69, 9.17) is 10.5 Å². The van der Waals surface area contributed by atoms with Gasteiger partial charge in [-0.15, -0.1) is 0 Å². The molecule has 0 atom stereocenters. The van der Waals surface area contributed by atoms with E-state index in [0.717, 1.165) is 14.7 Å². The Morgan fingerprint density at radius 2 is 1.80 bits per heavy atom. The van der Waals surface area contributed by atoms with Crippen LogP contribution < -0.4 is 10.5 Å². The van der Waals surface area contributed by atoms with Crippen molar-refractivity contribution < 1.29 is 9.53 Å². The molecule has 0 saturated heterocycles. The van der Waals surface area contributed by atoms with E-state index in [2.05, 4.69) is 22.6 Å². The highest BCUT2D eigenvalue weighted by Gasteiger charge is 2.17. The Balaban J connectivity index is 2.57. The van der Waals surface area contributed by atoms with Gasteiger partial charge in [-0.25, -0.2) is 0 Å². The van der Waals surface area contributed by atoms with Gasteiger partial charge in [-0.1, -0.05) is 6.07 Å². The molecule has 4 heteroatoms. The lowest BCUT2D eigenvalue weighted by Gasteiger charge is -2.12. The number of nitrogen functional groups attached to an aromatic ring is 1. The molecule has 0 aromatic heterocycles. The van der Waals surface area contributed by atoms with Gasteiger partial charge in [0.15, 0.2) is 5.78 Å². The van der Waals surface area contributed by atoms with Crippen molar-refractivity contribution in [3.05, 3.63) is 56.2 Å². The van der Waals surface area contributed by atoms with Gasteiger partial charge < -0.3 is 10.5 Å². The van der Waals surface area contributed by atoms with Crippen molar-refractivity contribution in [3.63, 3.8) is 0 Å². The Labute approximate surface area is 132 Å². The van der Waals surface area contributed by atoms with Gasteiger partial charge >= 0.3 is 0 Å². The summed E-state index contributed by atoms with van der Waals surface area (Å²) in [5, 5.41) is 0. The third kappa shape index (κ3) is 2.80. The number of ketones is 1. The van der Waals surface area contributed by atoms with Gasteiger partial charge in [0.25, 0.3) is 0 Å². The molecule has 0 heterocycles. The summed E-state index contributed by atoms with van der Waals surface area (Å²) >= 11 is 2.18. The third-order valence-corrected chi connectivity index (χ3v) is 3.93. The third-order valence-electron chi connectivity index (χ3n) is 3.26. The lowest BCUT2D eigenvalue weighted by molar-refractivity contribution is 0.103. The molecule has 0 spiro atoms. The van der Waals surface area contributed by atoms with E-state index in [1.165, 1.54) is 0 Å². The molecule has 2 rings (SSSR count). The van der Waals surface area contributed by atoms with Crippen LogP contribution in [0.3, 0.4) is 0 Å². The van der Waals surface area contributed by atoms with E-state index in [-0.39, 0.29) is 5.78 Å². The Bertz CT molecular complexity index is 680. The number of aryl methyl sites for hydroxylation is 2. The summed E-state index contributed by atoms with van der Waals surface area (Å²) in [4.78, 5) is 12.7. The predicted octanol–water partition coefficient (Wildman–Crippen LogP) is 3.73. The van der Waals surface area contributed by atoms with Crippen molar-refractivity contribution in [3.8, 4) is 5.75 Å². The Hall–Kier alpha value is -1.56. The molecule has 0 saturated carbocycles. The molecule has 0 fully saturated rings. The standard InChI is InChI=1S/C16H16INO2/c1-9-6-10(2)14(18)8-12(9)16(19)13-7-11(17)4-5-15(13)20-3/h4-8H,18H2,1-3H3. The number of ether oxygens (including phenoxy) is 1. The molecule has 0 unspecified atom stereocenters. The van der Waals surface area contributed by atoms with Crippen LogP contribution in [0.15, 0.2) is 30.3 Å². The first kappa shape index (κ1) is 14.8. The molecule has 3 nitrogen and oxygen atoms in total. The van der Waals surface area contributed by atoms with Gasteiger partial charge in [-0.05, 0) is 71.8 Å². The second-order valence-electron chi connectivity index (χ2n) is 4.70. The molecule has 0 aliphatic heterocycles. The van der Waals surface area contributed by atoms with Gasteiger partial charge in [0, 0.05) is 14.8 Å². The molecule has 2 aromatic rings. The second kappa shape index (κ2) is 5.83. The summed E-state index contributed by atoms with van der Waals surface area (Å²) in [6, 6.07) is 9.22. The minimum Gasteiger partial charge on any atom is -0.496 e. The van der Waals surface area contributed by atoms with Crippen molar-refractivity contribution in [2.45, 2.75) is 13.8 Å². The van der Waals surface area contributed by atoms with Crippen LogP contribution in [0.5, 0.6) is 5.75 Å². The van der Waals surface area contributed by atoms with E-state index in [1.807, 2.05) is 38.1 Å². The lowest BCUT2D eigenvalue weighted by atomic mass is 9.96. The van der Waals surface area contributed by atoms with Gasteiger partial charge in [0.05, 0.1) is 12.7 Å². The van der Waals surface area contributed by atoms with Crippen LogP contribution in [0.4, 0.5) is 5.69 Å². The molecule has 20 heavy (non-hydrogen) atoms. The van der Waals surface area contributed by atoms with Gasteiger partial charge in [0.2, 0.25) is 0 Å². The van der Waals surface area contributed by atoms with Crippen LogP contribution in [0.25, 0.3) is 0 Å². The quantitative estimate of drug-likeness (QED) is 0.501. The first-order valence-electron chi connectivity index (χ1n) is 6.19. The van der Waals surface area contributed by atoms with Crippen LogP contribution in [-0.4, -0.2) is 12.9 Å². The smallest absolute Gasteiger partial charge is 0.197 e. The minimum absolute atomic E-state index is 0.0652. The maximum absolute atomic E-state index is 12.7. The van der Waals surface area contributed by atoms with Crippen LogP contribution in [0, 0.1) is 17.4 Å². The lowest BCUT2D eigenvalue weighted by Crippen LogP contribution is -2.08. The van der Waals surface area contributed by atoms with Gasteiger partial charge in [-0.2, -0.15) is 0 Å². The first-order valence-corrected chi connectivity index (χ1v) is 7.27. The zero-order valence-corrected chi connectivity index (χ0v) is 13.8. The molecule has 0 aliphatic carbocycles. The number of halogens is 1. The van der Waals surface area contributed by atoms with Crippen molar-refractivity contribution in [1.29, 1.82) is 0 Å². The summed E-state index contributed by atoms with van der Waals surface area (Å²) in [7, 11) is 1.56. The number of nitrogens with two attached hydrogens (primary N) is 1. The first-order chi connectivity index (χ1) is 9.43. The number of hydrogen-bond donors (Lipinski definition) is 1. The van der Waals surface area contributed by atoms with Gasteiger partial charge in [0.1, 0.15) is 5.75 Å². The van der Waals surface area contributed by atoms with Crippen molar-refractivity contribution in [1.82, 2.24) is 0 Å². The zero-order valence-electron chi connectivity index (χ0n) is 11.7. The molecule has 104 valence electrons. The van der Waals surface area contributed by atoms with E-state index < -0.39 is 0 Å². The Morgan fingerprint density at radius 3 is 2.45 bits per heavy atom. The Kier molecular flexibility index (Phi) is 4.32. The van der Waals surface area contributed by atoms with Crippen molar-refractivity contribution in [2.75, 3.05) is 12.8 Å². The predicted molar refractivity (Wildman–Crippen MR) is 89.5 cm³/mol. The maximum atomic E-state index is 12.7. The van der Waals surface area contributed by atoms with Crippen LogP contribution in [0.1, 0.15) is 27.0 Å². The second-order valence-corrected chi connectivity index (χ2v) is 5.94. The number of carbonyl (C=O) groups excluding carboxylic acids is 1. The van der Waals surface area contributed by atoms with E-state index >= 15 is 0 Å². The SMILES string of the molecule is COc1ccc(I)cc1C(=O)c1cc(N)c(C)cc1C. The fourth-order valence-corrected chi connectivity index (χ4v) is 2.61. The molecule has 0 bridgehead atoms. The summed E-state index contributed by atoms with van der Waals surface area (Å²) in [6.45, 7) is 3.85. The average Bonchev–Trinajstić information content (AvgIpc) is 2.42. The van der Waals surface area contributed by atoms with E-state index in [0.29, 0.717) is 22.6 Å². The van der Waals surface area contributed by atoms with E-state index in [9.17, 15) is 4.79 Å². The van der Waals surface area contributed by atoms with Gasteiger partial charge in [-0.3, -0.25) is 4.79 Å². The highest BCUT2D eigenvalue weighted by Crippen LogP contribution is 2.27. The highest BCUT2D eigenvalue weighted by atomic mass is 127. The summed E-state index contributed by atoms with van der Waals surface area (Å²) in [6.07, 6.45) is 0. The maximum Gasteiger partial charge on any atom is 0.197 e. The average molecular weight is 381 g/mol. The van der Waals surface area contributed by atoms with Crippen LogP contribution in [-0.2, 0) is 0 Å². The monoisotopic (exact) mass is 381 g/mol. The number of benzene rings is 2. The fraction of sp³-hybridized carbons (Fsp3) is 0.188. The molecule has 2 aromatic carbocycles. The number of anilines is 1. The molecule has 0 amide bonds. The number of hydrogen-bond acceptors (Lipinski definition) is 3. The molecular weight excluding hydrogens is 365 g/mol.